The van der Waals surface area contributed by atoms with Crippen LogP contribution in [-0.2, 0) is 28.6 Å². The lowest BCUT2D eigenvalue weighted by molar-refractivity contribution is -0.176. The molecule has 0 unspecified atom stereocenters. The summed E-state index contributed by atoms with van der Waals surface area (Å²) < 4.78 is 33.6. The number of hydrogen-bond donors (Lipinski definition) is 0. The number of fused-ring (bicyclic) bond motifs is 1. The number of carbonyl (C=O) groups excluding carboxylic acids is 2. The van der Waals surface area contributed by atoms with Gasteiger partial charge in [-0.15, -0.1) is 11.8 Å². The van der Waals surface area contributed by atoms with E-state index >= 15 is 0 Å². The Balaban J connectivity index is 1.93. The van der Waals surface area contributed by atoms with Gasteiger partial charge in [-0.25, -0.2) is 8.98 Å². The molecule has 2 aliphatic heterocycles. The van der Waals surface area contributed by atoms with E-state index in [1.165, 1.54) is 22.7 Å². The van der Waals surface area contributed by atoms with E-state index in [0.29, 0.717) is 5.02 Å². The Morgan fingerprint density at radius 2 is 2.03 bits per heavy atom. The molecule has 11 heteroatoms. The molecule has 0 N–H and O–H groups in total. The van der Waals surface area contributed by atoms with E-state index in [2.05, 4.69) is 17.8 Å². The summed E-state index contributed by atoms with van der Waals surface area (Å²) in [6, 6.07) is 5.98. The molecule has 0 aliphatic carbocycles. The zero-order chi connectivity index (χ0) is 23.0. The molecule has 0 saturated carbocycles. The summed E-state index contributed by atoms with van der Waals surface area (Å²) in [4.78, 5) is 27.8. The van der Waals surface area contributed by atoms with Crippen molar-refractivity contribution < 1.29 is 26.9 Å². The minimum absolute atomic E-state index is 0.00525. The monoisotopic (exact) mass is 501 g/mol. The zero-order valence-corrected chi connectivity index (χ0v) is 20.2. The van der Waals surface area contributed by atoms with Gasteiger partial charge in [0.15, 0.2) is 0 Å². The summed E-state index contributed by atoms with van der Waals surface area (Å²) in [5, 5.41) is 2.56. The van der Waals surface area contributed by atoms with Crippen molar-refractivity contribution in [1.82, 2.24) is 4.90 Å². The average molecular weight is 502 g/mol. The smallest absolute Gasteiger partial charge is 0.330 e. The van der Waals surface area contributed by atoms with E-state index in [1.54, 1.807) is 38.1 Å². The fourth-order valence-electron chi connectivity index (χ4n) is 3.35. The number of carbonyl (C=O) groups is 2. The molecule has 0 aromatic heterocycles. The van der Waals surface area contributed by atoms with Crippen LogP contribution in [0.4, 0.5) is 0 Å². The lowest BCUT2D eigenvalue weighted by Crippen LogP contribution is -2.74. The number of ether oxygens (including phenoxy) is 1. The van der Waals surface area contributed by atoms with Gasteiger partial charge in [0.1, 0.15) is 18.0 Å². The van der Waals surface area contributed by atoms with Crippen LogP contribution in [0.3, 0.4) is 0 Å². The van der Waals surface area contributed by atoms with Gasteiger partial charge in [0.2, 0.25) is 0 Å². The summed E-state index contributed by atoms with van der Waals surface area (Å²) in [6.45, 7) is 7.08. The van der Waals surface area contributed by atoms with Gasteiger partial charge in [-0.3, -0.25) is 4.79 Å². The third-order valence-electron chi connectivity index (χ3n) is 4.57. The Morgan fingerprint density at radius 3 is 2.61 bits per heavy atom. The van der Waals surface area contributed by atoms with Gasteiger partial charge in [0, 0.05) is 14.7 Å². The summed E-state index contributed by atoms with van der Waals surface area (Å²) in [5.74, 6) is 1.43. The minimum atomic E-state index is -4.02. The Labute approximate surface area is 195 Å². The third kappa shape index (κ3) is 4.76. The van der Waals surface area contributed by atoms with Crippen molar-refractivity contribution in [3.63, 3.8) is 0 Å². The van der Waals surface area contributed by atoms with Crippen LogP contribution in [0.1, 0.15) is 13.8 Å². The van der Waals surface area contributed by atoms with Gasteiger partial charge in [0.05, 0.1) is 6.26 Å². The maximum Gasteiger partial charge on any atom is 0.330 e. The number of thioether (sulfide) groups is 2. The lowest BCUT2D eigenvalue weighted by Gasteiger charge is -2.48. The average Bonchev–Trinajstić information content (AvgIpc) is 2.95. The molecule has 2 fully saturated rings. The lowest BCUT2D eigenvalue weighted by atomic mass is 9.88. The fraction of sp³-hybridized carbons (Fsp3) is 0.400. The molecule has 7 nitrogen and oxygen atoms in total. The van der Waals surface area contributed by atoms with Crippen molar-refractivity contribution in [1.29, 1.82) is 0 Å². The fourth-order valence-corrected chi connectivity index (χ4v) is 6.43. The number of benzene rings is 1. The first kappa shape index (κ1) is 24.0. The molecule has 3 rings (SSSR count). The van der Waals surface area contributed by atoms with Gasteiger partial charge in [-0.05, 0) is 61.0 Å². The van der Waals surface area contributed by atoms with E-state index in [-0.39, 0.29) is 6.61 Å². The van der Waals surface area contributed by atoms with Gasteiger partial charge in [-0.1, -0.05) is 24.3 Å². The summed E-state index contributed by atoms with van der Waals surface area (Å²) >= 11 is 8.23. The van der Waals surface area contributed by atoms with Crippen LogP contribution in [0.2, 0.25) is 5.02 Å². The molecule has 31 heavy (non-hydrogen) atoms. The maximum atomic E-state index is 13.2. The first-order chi connectivity index (χ1) is 14.4. The molecule has 2 aliphatic rings. The van der Waals surface area contributed by atoms with Gasteiger partial charge in [0.25, 0.3) is 21.6 Å². The largest absolute Gasteiger partial charge is 0.460 e. The van der Waals surface area contributed by atoms with Crippen LogP contribution in [0.15, 0.2) is 41.8 Å². The second-order valence-electron chi connectivity index (χ2n) is 7.41. The molecule has 0 spiro atoms. The van der Waals surface area contributed by atoms with E-state index in [1.807, 2.05) is 0 Å². The van der Waals surface area contributed by atoms with Crippen molar-refractivity contribution in [3.05, 3.63) is 41.9 Å². The number of nitrogens with zero attached hydrogens (tertiary/aromatic N) is 1. The second kappa shape index (κ2) is 8.71. The highest BCUT2D eigenvalue weighted by Gasteiger charge is 2.73. The SMILES string of the molecule is C=CCOC(=O)[C@@H]1N2C(=O)[C@@](C#CSc3ccc(Cl)cc3)(OS(C)(=O)=O)[C@H]2SC1(C)C. The highest BCUT2D eigenvalue weighted by atomic mass is 35.5. The van der Waals surface area contributed by atoms with Crippen molar-refractivity contribution in [3.8, 4) is 11.2 Å². The van der Waals surface area contributed by atoms with Gasteiger partial charge >= 0.3 is 5.97 Å². The van der Waals surface area contributed by atoms with E-state index in [4.69, 9.17) is 20.5 Å². The van der Waals surface area contributed by atoms with Crippen molar-refractivity contribution in [2.45, 2.75) is 40.5 Å². The van der Waals surface area contributed by atoms with Crippen molar-refractivity contribution in [2.75, 3.05) is 12.9 Å². The summed E-state index contributed by atoms with van der Waals surface area (Å²) in [5.41, 5.74) is -1.91. The Hall–Kier alpha value is -1.64. The van der Waals surface area contributed by atoms with Crippen LogP contribution in [0.25, 0.3) is 0 Å². The molecule has 3 atom stereocenters. The topological polar surface area (TPSA) is 90.0 Å². The third-order valence-corrected chi connectivity index (χ3v) is 7.72. The number of rotatable bonds is 6. The minimum Gasteiger partial charge on any atom is -0.460 e. The van der Waals surface area contributed by atoms with Crippen LogP contribution in [-0.4, -0.2) is 59.8 Å². The molecule has 1 aromatic carbocycles. The Bertz CT molecular complexity index is 1080. The number of hydrogen-bond acceptors (Lipinski definition) is 8. The predicted molar refractivity (Wildman–Crippen MR) is 121 cm³/mol. The highest BCUT2D eigenvalue weighted by Crippen LogP contribution is 2.56. The molecular weight excluding hydrogens is 482 g/mol. The standard InChI is InChI=1S/C20H20ClNO6S3/c1-5-11-27-16(23)15-19(2,3)30-18-20(17(24)22(15)18,28-31(4,25)26)10-12-29-14-8-6-13(21)7-9-14/h5-9,15,18H,1,11H2,2-4H3/t15-,18+,20+/m0/s1. The Morgan fingerprint density at radius 1 is 1.39 bits per heavy atom. The predicted octanol–water partition coefficient (Wildman–Crippen LogP) is 2.90. The summed E-state index contributed by atoms with van der Waals surface area (Å²) in [6.07, 6.45) is 2.29. The maximum absolute atomic E-state index is 13.2. The van der Waals surface area contributed by atoms with Crippen LogP contribution >= 0.6 is 35.1 Å². The normalized spacial score (nSPS) is 26.3. The van der Waals surface area contributed by atoms with Crippen molar-refractivity contribution >= 4 is 57.1 Å². The number of β-lactam (4-membered cyclic amide) rings is 1. The number of esters is 1. The first-order valence-electron chi connectivity index (χ1n) is 9.04. The van der Waals surface area contributed by atoms with E-state index in [9.17, 15) is 18.0 Å². The molecule has 1 aromatic rings. The van der Waals surface area contributed by atoms with Crippen molar-refractivity contribution in [2.24, 2.45) is 0 Å². The molecule has 166 valence electrons. The Kier molecular flexibility index (Phi) is 6.75. The molecule has 2 saturated heterocycles. The molecule has 0 bridgehead atoms. The summed E-state index contributed by atoms with van der Waals surface area (Å²) in [7, 11) is -4.02. The van der Waals surface area contributed by atoms with E-state index in [0.717, 1.165) is 22.9 Å². The molecule has 1 amide bonds. The number of halogens is 1. The molecule has 2 heterocycles. The van der Waals surface area contributed by atoms with Crippen LogP contribution in [0.5, 0.6) is 0 Å². The molecular formula is C20H20ClNO6S3. The van der Waals surface area contributed by atoms with Crippen LogP contribution in [0, 0.1) is 11.2 Å². The van der Waals surface area contributed by atoms with Crippen LogP contribution < -0.4 is 0 Å². The second-order valence-corrected chi connectivity index (χ2v) is 12.0. The zero-order valence-electron chi connectivity index (χ0n) is 17.0. The number of amides is 1. The molecule has 0 radical (unpaired) electrons. The van der Waals surface area contributed by atoms with E-state index < -0.39 is 43.8 Å². The first-order valence-corrected chi connectivity index (χ1v) is 12.9. The van der Waals surface area contributed by atoms with Gasteiger partial charge < -0.3 is 9.64 Å². The van der Waals surface area contributed by atoms with Gasteiger partial charge in [-0.2, -0.15) is 8.42 Å². The highest BCUT2D eigenvalue weighted by molar-refractivity contribution is 8.04. The quantitative estimate of drug-likeness (QED) is 0.147.